The summed E-state index contributed by atoms with van der Waals surface area (Å²) >= 11 is 8.60. The number of carbonyl (C=O) groups is 1. The van der Waals surface area contributed by atoms with Crippen molar-refractivity contribution in [3.05, 3.63) is 59.1 Å². The molecule has 122 valence electrons. The molecule has 0 aliphatic carbocycles. The fraction of sp³-hybridized carbons (Fsp3) is 0.118. The summed E-state index contributed by atoms with van der Waals surface area (Å²) in [6, 6.07) is 13.4. The van der Waals surface area contributed by atoms with E-state index in [1.54, 1.807) is 18.3 Å². The quantitative estimate of drug-likeness (QED) is 0.639. The van der Waals surface area contributed by atoms with Crippen LogP contribution in [-0.4, -0.2) is 21.1 Å². The second-order valence-electron chi connectivity index (χ2n) is 4.97. The van der Waals surface area contributed by atoms with Gasteiger partial charge in [0, 0.05) is 17.1 Å². The molecule has 3 aromatic rings. The molecular weight excluding hydrogens is 362 g/mol. The van der Waals surface area contributed by atoms with E-state index in [0.717, 1.165) is 16.3 Å². The van der Waals surface area contributed by atoms with Crippen molar-refractivity contribution in [3.8, 4) is 11.3 Å². The van der Waals surface area contributed by atoms with Crippen molar-refractivity contribution >= 4 is 45.7 Å². The first kappa shape index (κ1) is 17.0. The van der Waals surface area contributed by atoms with Crippen molar-refractivity contribution in [1.82, 2.24) is 9.97 Å². The Hall–Kier alpha value is -1.89. The first-order valence-electron chi connectivity index (χ1n) is 7.22. The maximum atomic E-state index is 12.3. The number of hydrogen-bond donors (Lipinski definition) is 1. The number of carbonyl (C=O) groups excluding carboxylic acids is 1. The van der Waals surface area contributed by atoms with E-state index in [9.17, 15) is 4.79 Å². The molecule has 2 aromatic heterocycles. The zero-order valence-corrected chi connectivity index (χ0v) is 15.2. The molecule has 1 atom stereocenters. The lowest BCUT2D eigenvalue weighted by atomic mass is 10.2. The van der Waals surface area contributed by atoms with Gasteiger partial charge in [-0.3, -0.25) is 4.79 Å². The summed E-state index contributed by atoms with van der Waals surface area (Å²) < 4.78 is 0. The maximum Gasteiger partial charge on any atom is 0.239 e. The molecule has 7 heteroatoms. The van der Waals surface area contributed by atoms with Gasteiger partial charge in [-0.25, -0.2) is 9.97 Å². The van der Waals surface area contributed by atoms with E-state index in [4.69, 9.17) is 11.6 Å². The van der Waals surface area contributed by atoms with Gasteiger partial charge in [-0.2, -0.15) is 0 Å². The largest absolute Gasteiger partial charge is 0.301 e. The molecule has 0 aliphatic heterocycles. The van der Waals surface area contributed by atoms with Gasteiger partial charge < -0.3 is 5.32 Å². The number of aromatic nitrogens is 2. The minimum atomic E-state index is -0.289. The Morgan fingerprint density at radius 1 is 1.25 bits per heavy atom. The highest BCUT2D eigenvalue weighted by atomic mass is 35.5. The van der Waals surface area contributed by atoms with Crippen molar-refractivity contribution in [2.75, 3.05) is 5.32 Å². The number of thiazole rings is 1. The Morgan fingerprint density at radius 2 is 2.04 bits per heavy atom. The smallest absolute Gasteiger partial charge is 0.239 e. The Morgan fingerprint density at radius 3 is 2.75 bits per heavy atom. The molecule has 4 nitrogen and oxygen atoms in total. The number of anilines is 1. The topological polar surface area (TPSA) is 54.9 Å². The second kappa shape index (κ2) is 7.79. The molecule has 0 bridgehead atoms. The molecule has 24 heavy (non-hydrogen) atoms. The molecular formula is C17H14ClN3OS2. The summed E-state index contributed by atoms with van der Waals surface area (Å²) in [5.41, 5.74) is 1.89. The molecule has 0 radical (unpaired) electrons. The van der Waals surface area contributed by atoms with Gasteiger partial charge in [0.05, 0.1) is 21.0 Å². The molecule has 0 aliphatic rings. The van der Waals surface area contributed by atoms with Crippen LogP contribution in [0.15, 0.2) is 59.1 Å². The third-order valence-electron chi connectivity index (χ3n) is 3.17. The first-order chi connectivity index (χ1) is 11.6. The minimum Gasteiger partial charge on any atom is -0.301 e. The number of halogens is 1. The Balaban J connectivity index is 1.62. The fourth-order valence-electron chi connectivity index (χ4n) is 1.95. The summed E-state index contributed by atoms with van der Waals surface area (Å²) in [6.45, 7) is 1.84. The van der Waals surface area contributed by atoms with Crippen molar-refractivity contribution < 1.29 is 4.79 Å². The van der Waals surface area contributed by atoms with Crippen LogP contribution >= 0.6 is 34.7 Å². The molecule has 1 amide bonds. The van der Waals surface area contributed by atoms with E-state index >= 15 is 0 Å². The number of nitrogens with one attached hydrogen (secondary N) is 1. The van der Waals surface area contributed by atoms with Crippen LogP contribution in [0.5, 0.6) is 0 Å². The predicted octanol–water partition coefficient (Wildman–Crippen LogP) is 4.98. The molecule has 3 rings (SSSR count). The highest BCUT2D eigenvalue weighted by Crippen LogP contribution is 2.27. The van der Waals surface area contributed by atoms with E-state index in [1.165, 1.54) is 23.1 Å². The van der Waals surface area contributed by atoms with Gasteiger partial charge in [0.2, 0.25) is 5.91 Å². The third kappa shape index (κ3) is 4.35. The van der Waals surface area contributed by atoms with Crippen LogP contribution in [-0.2, 0) is 4.79 Å². The van der Waals surface area contributed by atoms with Crippen LogP contribution in [0.4, 0.5) is 5.13 Å². The monoisotopic (exact) mass is 375 g/mol. The minimum absolute atomic E-state index is 0.106. The van der Waals surface area contributed by atoms with Crippen LogP contribution in [0.1, 0.15) is 6.92 Å². The number of rotatable bonds is 5. The fourth-order valence-corrected chi connectivity index (χ4v) is 3.57. The number of amides is 1. The summed E-state index contributed by atoms with van der Waals surface area (Å²) in [4.78, 5) is 21.0. The van der Waals surface area contributed by atoms with Gasteiger partial charge in [-0.1, -0.05) is 53.7 Å². The summed E-state index contributed by atoms with van der Waals surface area (Å²) in [7, 11) is 0. The molecule has 1 aromatic carbocycles. The molecule has 1 N–H and O–H groups in total. The lowest BCUT2D eigenvalue weighted by Gasteiger charge is -2.09. The van der Waals surface area contributed by atoms with E-state index < -0.39 is 0 Å². The summed E-state index contributed by atoms with van der Waals surface area (Å²) in [5.74, 6) is -0.106. The molecule has 2 heterocycles. The van der Waals surface area contributed by atoms with Crippen molar-refractivity contribution in [3.63, 3.8) is 0 Å². The normalized spacial score (nSPS) is 11.9. The lowest BCUT2D eigenvalue weighted by molar-refractivity contribution is -0.115. The standard InChI is InChI=1S/C17H14ClN3OS2/c1-11(24-15-8-7-13(18)9-19-15)16(22)21-17-20-14(10-23-17)12-5-3-2-4-6-12/h2-11H,1H3,(H,20,21,22). The van der Waals surface area contributed by atoms with E-state index in [-0.39, 0.29) is 11.2 Å². The predicted molar refractivity (Wildman–Crippen MR) is 101 cm³/mol. The zero-order valence-electron chi connectivity index (χ0n) is 12.8. The highest BCUT2D eigenvalue weighted by molar-refractivity contribution is 8.00. The average molecular weight is 376 g/mol. The number of nitrogens with zero attached hydrogens (tertiary/aromatic N) is 2. The average Bonchev–Trinajstić information content (AvgIpc) is 3.06. The van der Waals surface area contributed by atoms with Gasteiger partial charge in [0.25, 0.3) is 0 Å². The Kier molecular flexibility index (Phi) is 5.50. The van der Waals surface area contributed by atoms with Gasteiger partial charge in [-0.05, 0) is 19.1 Å². The van der Waals surface area contributed by atoms with E-state index in [0.29, 0.717) is 10.2 Å². The van der Waals surface area contributed by atoms with E-state index in [1.807, 2.05) is 42.6 Å². The van der Waals surface area contributed by atoms with Crippen LogP contribution in [0, 0.1) is 0 Å². The van der Waals surface area contributed by atoms with Crippen LogP contribution in [0.25, 0.3) is 11.3 Å². The first-order valence-corrected chi connectivity index (χ1v) is 9.35. The molecule has 0 saturated heterocycles. The molecule has 0 spiro atoms. The molecule has 1 unspecified atom stereocenters. The Bertz CT molecular complexity index is 821. The van der Waals surface area contributed by atoms with Gasteiger partial charge in [-0.15, -0.1) is 11.3 Å². The maximum absolute atomic E-state index is 12.3. The number of hydrogen-bond acceptors (Lipinski definition) is 5. The molecule has 0 fully saturated rings. The Labute approximate surface area is 153 Å². The third-order valence-corrected chi connectivity index (χ3v) is 5.20. The summed E-state index contributed by atoms with van der Waals surface area (Å²) in [6.07, 6.45) is 1.57. The SMILES string of the molecule is CC(Sc1ccc(Cl)cn1)C(=O)Nc1nc(-c2ccccc2)cs1. The zero-order chi connectivity index (χ0) is 16.9. The molecule has 0 saturated carbocycles. The van der Waals surface area contributed by atoms with Gasteiger partial charge in [0.1, 0.15) is 0 Å². The van der Waals surface area contributed by atoms with Crippen molar-refractivity contribution in [1.29, 1.82) is 0 Å². The number of benzene rings is 1. The lowest BCUT2D eigenvalue weighted by Crippen LogP contribution is -2.22. The van der Waals surface area contributed by atoms with Crippen molar-refractivity contribution in [2.24, 2.45) is 0 Å². The number of thioether (sulfide) groups is 1. The summed E-state index contributed by atoms with van der Waals surface area (Å²) in [5, 5.41) is 6.43. The number of pyridine rings is 1. The van der Waals surface area contributed by atoms with Gasteiger partial charge >= 0.3 is 0 Å². The van der Waals surface area contributed by atoms with Gasteiger partial charge in [0.15, 0.2) is 5.13 Å². The van der Waals surface area contributed by atoms with Crippen LogP contribution in [0.3, 0.4) is 0 Å². The van der Waals surface area contributed by atoms with Crippen LogP contribution in [0.2, 0.25) is 5.02 Å². The van der Waals surface area contributed by atoms with E-state index in [2.05, 4.69) is 15.3 Å². The second-order valence-corrected chi connectivity index (χ2v) is 7.62. The van der Waals surface area contributed by atoms with Crippen molar-refractivity contribution in [2.45, 2.75) is 17.2 Å². The van der Waals surface area contributed by atoms with Crippen LogP contribution < -0.4 is 5.32 Å². The highest BCUT2D eigenvalue weighted by Gasteiger charge is 2.17.